The highest BCUT2D eigenvalue weighted by Crippen LogP contribution is 2.26. The van der Waals surface area contributed by atoms with E-state index in [0.717, 1.165) is 19.3 Å². The number of rotatable bonds is 5. The third-order valence-corrected chi connectivity index (χ3v) is 3.77. The number of nitrogens with zero attached hydrogens (tertiary/aromatic N) is 2. The number of halogens is 1. The Morgan fingerprint density at radius 2 is 2.40 bits per heavy atom. The number of amides is 1. The lowest BCUT2D eigenvalue weighted by Gasteiger charge is -2.15. The lowest BCUT2D eigenvalue weighted by Crippen LogP contribution is -2.33. The monoisotopic (exact) mass is 302 g/mol. The van der Waals surface area contributed by atoms with E-state index in [0.29, 0.717) is 12.0 Å². The summed E-state index contributed by atoms with van der Waals surface area (Å²) in [5.41, 5.74) is 6.65. The Bertz CT molecular complexity index is 438. The lowest BCUT2D eigenvalue weighted by atomic mass is 10.00. The van der Waals surface area contributed by atoms with E-state index in [1.54, 1.807) is 24.1 Å². The minimum Gasteiger partial charge on any atom is -0.386 e. The summed E-state index contributed by atoms with van der Waals surface area (Å²) < 4.78 is 1.62. The fourth-order valence-electron chi connectivity index (χ4n) is 2.57. The first kappa shape index (κ1) is 16.9. The number of aryl methyl sites for hydroxylation is 1. The lowest BCUT2D eigenvalue weighted by molar-refractivity contribution is -0.122. The zero-order chi connectivity index (χ0) is 13.8. The Kier molecular flexibility index (Phi) is 6.45. The first-order valence-electron chi connectivity index (χ1n) is 6.75. The van der Waals surface area contributed by atoms with Gasteiger partial charge in [-0.25, -0.2) is 0 Å². The van der Waals surface area contributed by atoms with Gasteiger partial charge in [0.1, 0.15) is 0 Å². The zero-order valence-corrected chi connectivity index (χ0v) is 12.5. The Balaban J connectivity index is 0.00000200. The quantitative estimate of drug-likeness (QED) is 0.739. The number of carbonyl (C=O) groups excluding carboxylic acids is 1. The van der Waals surface area contributed by atoms with Crippen LogP contribution in [0, 0.1) is 5.92 Å². The van der Waals surface area contributed by atoms with E-state index in [4.69, 9.17) is 5.73 Å². The Morgan fingerprint density at radius 3 is 2.95 bits per heavy atom. The molecule has 1 heterocycles. The molecule has 3 atom stereocenters. The second kappa shape index (κ2) is 7.61. The molecule has 1 aromatic rings. The number of nitrogens with two attached hydrogens (primary N) is 1. The highest BCUT2D eigenvalue weighted by atomic mass is 35.5. The van der Waals surface area contributed by atoms with E-state index in [2.05, 4.69) is 10.4 Å². The molecule has 0 bridgehead atoms. The van der Waals surface area contributed by atoms with Crippen LogP contribution in [-0.2, 0) is 11.8 Å². The van der Waals surface area contributed by atoms with Gasteiger partial charge < -0.3 is 16.2 Å². The number of nitrogens with one attached hydrogen (secondary N) is 1. The highest BCUT2D eigenvalue weighted by Gasteiger charge is 2.26. The number of aliphatic hydroxyl groups is 1. The van der Waals surface area contributed by atoms with Gasteiger partial charge in [0.05, 0.1) is 12.3 Å². The van der Waals surface area contributed by atoms with Crippen molar-refractivity contribution in [3.63, 3.8) is 0 Å². The van der Waals surface area contributed by atoms with E-state index in [-0.39, 0.29) is 36.8 Å². The van der Waals surface area contributed by atoms with Crippen molar-refractivity contribution in [3.8, 4) is 0 Å². The number of hydrogen-bond donors (Lipinski definition) is 3. The van der Waals surface area contributed by atoms with Crippen molar-refractivity contribution >= 4 is 18.3 Å². The van der Waals surface area contributed by atoms with Crippen molar-refractivity contribution in [1.29, 1.82) is 0 Å². The molecule has 1 aliphatic rings. The molecular weight excluding hydrogens is 280 g/mol. The van der Waals surface area contributed by atoms with Gasteiger partial charge in [-0.2, -0.15) is 5.10 Å². The van der Waals surface area contributed by atoms with Crippen LogP contribution < -0.4 is 11.1 Å². The molecule has 1 fully saturated rings. The molecule has 1 saturated carbocycles. The van der Waals surface area contributed by atoms with Crippen LogP contribution in [0.1, 0.15) is 37.4 Å². The van der Waals surface area contributed by atoms with E-state index < -0.39 is 6.10 Å². The first-order valence-corrected chi connectivity index (χ1v) is 6.75. The Morgan fingerprint density at radius 1 is 1.65 bits per heavy atom. The highest BCUT2D eigenvalue weighted by molar-refractivity contribution is 5.85. The zero-order valence-electron chi connectivity index (χ0n) is 11.7. The topological polar surface area (TPSA) is 93.2 Å². The van der Waals surface area contributed by atoms with Crippen LogP contribution in [0.25, 0.3) is 0 Å². The normalized spacial score (nSPS) is 23.1. The summed E-state index contributed by atoms with van der Waals surface area (Å²) in [6, 6.07) is 0.147. The molecule has 7 heteroatoms. The molecular formula is C13H23ClN4O2. The Labute approximate surface area is 125 Å². The summed E-state index contributed by atoms with van der Waals surface area (Å²) in [5.74, 6) is 0.251. The molecule has 1 unspecified atom stereocenters. The van der Waals surface area contributed by atoms with Gasteiger partial charge in [0.25, 0.3) is 0 Å². The number of hydrogen-bond acceptors (Lipinski definition) is 4. The van der Waals surface area contributed by atoms with Crippen LogP contribution >= 0.6 is 12.4 Å². The van der Waals surface area contributed by atoms with Gasteiger partial charge in [-0.05, 0) is 18.8 Å². The van der Waals surface area contributed by atoms with Gasteiger partial charge >= 0.3 is 0 Å². The van der Waals surface area contributed by atoms with E-state index in [1.807, 2.05) is 0 Å². The molecule has 1 aromatic heterocycles. The first-order chi connectivity index (χ1) is 9.06. The summed E-state index contributed by atoms with van der Waals surface area (Å²) in [7, 11) is 1.79. The van der Waals surface area contributed by atoms with Crippen molar-refractivity contribution in [2.24, 2.45) is 18.7 Å². The van der Waals surface area contributed by atoms with Gasteiger partial charge in [0.15, 0.2) is 0 Å². The van der Waals surface area contributed by atoms with Crippen LogP contribution in [0.4, 0.5) is 0 Å². The summed E-state index contributed by atoms with van der Waals surface area (Å²) in [5, 5.41) is 16.6. The van der Waals surface area contributed by atoms with Crippen molar-refractivity contribution in [1.82, 2.24) is 15.1 Å². The summed E-state index contributed by atoms with van der Waals surface area (Å²) >= 11 is 0. The third kappa shape index (κ3) is 4.47. The maximum Gasteiger partial charge on any atom is 0.220 e. The van der Waals surface area contributed by atoms with Crippen molar-refractivity contribution in [2.45, 2.75) is 37.8 Å². The SMILES string of the molecule is Cl.Cn1cc(C(O)CNC(=O)C[C@@H]2CCC[C@H]2N)cn1. The second-order valence-corrected chi connectivity index (χ2v) is 5.33. The predicted octanol–water partition coefficient (Wildman–Crippen LogP) is 0.509. The average molecular weight is 303 g/mol. The van der Waals surface area contributed by atoms with Gasteiger partial charge in [-0.3, -0.25) is 9.48 Å². The van der Waals surface area contributed by atoms with Crippen LogP contribution in [0.15, 0.2) is 12.4 Å². The molecule has 0 radical (unpaired) electrons. The maximum atomic E-state index is 11.8. The smallest absolute Gasteiger partial charge is 0.220 e. The van der Waals surface area contributed by atoms with Crippen molar-refractivity contribution in [2.75, 3.05) is 6.54 Å². The molecule has 1 aliphatic carbocycles. The van der Waals surface area contributed by atoms with Crippen LogP contribution in [0.3, 0.4) is 0 Å². The fourth-order valence-corrected chi connectivity index (χ4v) is 2.57. The van der Waals surface area contributed by atoms with Gasteiger partial charge in [0, 0.05) is 37.8 Å². The maximum absolute atomic E-state index is 11.8. The molecule has 114 valence electrons. The van der Waals surface area contributed by atoms with Gasteiger partial charge in [-0.1, -0.05) is 6.42 Å². The molecule has 0 aliphatic heterocycles. The summed E-state index contributed by atoms with van der Waals surface area (Å²) in [6.07, 6.45) is 6.23. The average Bonchev–Trinajstić information content (AvgIpc) is 2.96. The van der Waals surface area contributed by atoms with Gasteiger partial charge in [0.2, 0.25) is 5.91 Å². The summed E-state index contributed by atoms with van der Waals surface area (Å²) in [6.45, 7) is 0.215. The minimum absolute atomic E-state index is 0. The van der Waals surface area contributed by atoms with E-state index >= 15 is 0 Å². The number of carbonyl (C=O) groups is 1. The van der Waals surface area contributed by atoms with Crippen LogP contribution in [-0.4, -0.2) is 33.4 Å². The molecule has 0 spiro atoms. The van der Waals surface area contributed by atoms with Crippen molar-refractivity contribution in [3.05, 3.63) is 18.0 Å². The molecule has 0 saturated heterocycles. The molecule has 1 amide bonds. The molecule has 20 heavy (non-hydrogen) atoms. The van der Waals surface area contributed by atoms with Crippen LogP contribution in [0.2, 0.25) is 0 Å². The molecule has 2 rings (SSSR count). The predicted molar refractivity (Wildman–Crippen MR) is 78.4 cm³/mol. The third-order valence-electron chi connectivity index (χ3n) is 3.77. The molecule has 0 aromatic carbocycles. The fraction of sp³-hybridized carbons (Fsp3) is 0.692. The number of aliphatic hydroxyl groups excluding tert-OH is 1. The Hall–Kier alpha value is -1.11. The van der Waals surface area contributed by atoms with Gasteiger partial charge in [-0.15, -0.1) is 12.4 Å². The van der Waals surface area contributed by atoms with E-state index in [9.17, 15) is 9.90 Å². The van der Waals surface area contributed by atoms with Crippen LogP contribution in [0.5, 0.6) is 0 Å². The molecule has 6 nitrogen and oxygen atoms in total. The second-order valence-electron chi connectivity index (χ2n) is 5.33. The largest absolute Gasteiger partial charge is 0.386 e. The summed E-state index contributed by atoms with van der Waals surface area (Å²) in [4.78, 5) is 11.8. The molecule has 4 N–H and O–H groups in total. The minimum atomic E-state index is -0.713. The van der Waals surface area contributed by atoms with E-state index in [1.165, 1.54) is 0 Å². The standard InChI is InChI=1S/C13H22N4O2.ClH/c1-17-8-10(6-16-17)12(18)7-15-13(19)5-9-3-2-4-11(9)14;/h6,8-9,11-12,18H,2-5,7,14H2,1H3,(H,15,19);1H/t9-,11+,12?;/m0./s1. The number of aromatic nitrogens is 2. The van der Waals surface area contributed by atoms with Crippen molar-refractivity contribution < 1.29 is 9.90 Å².